The summed E-state index contributed by atoms with van der Waals surface area (Å²) in [7, 11) is -3.87. The maximum absolute atomic E-state index is 11.4. The lowest BCUT2D eigenvalue weighted by molar-refractivity contribution is 0.0693. The number of hydrogen-bond donors (Lipinski definition) is 3. The standard InChI is InChI=1S/C14H13N3O5S/c1-8-2-3-10(7-13(8)23(15,21)22)17-16-9-4-5-12(18)11(6-9)14(19)20/h2-7,18H,1H3,(H,19,20)(H2,15,21,22). The molecule has 0 heterocycles. The van der Waals surface area contributed by atoms with Gasteiger partial charge < -0.3 is 10.2 Å². The number of hydrogen-bond acceptors (Lipinski definition) is 6. The van der Waals surface area contributed by atoms with Crippen LogP contribution in [0.3, 0.4) is 0 Å². The number of carboxylic acids is 1. The number of aromatic carboxylic acids is 1. The summed E-state index contributed by atoms with van der Waals surface area (Å²) >= 11 is 0. The van der Waals surface area contributed by atoms with Gasteiger partial charge in [-0.2, -0.15) is 10.2 Å². The highest BCUT2D eigenvalue weighted by molar-refractivity contribution is 7.89. The molecule has 4 N–H and O–H groups in total. The van der Waals surface area contributed by atoms with Crippen LogP contribution >= 0.6 is 0 Å². The van der Waals surface area contributed by atoms with Crippen molar-refractivity contribution in [1.29, 1.82) is 0 Å². The highest BCUT2D eigenvalue weighted by atomic mass is 32.2. The molecule has 0 saturated heterocycles. The Morgan fingerprint density at radius 3 is 2.22 bits per heavy atom. The van der Waals surface area contributed by atoms with E-state index in [1.807, 2.05) is 0 Å². The summed E-state index contributed by atoms with van der Waals surface area (Å²) in [4.78, 5) is 10.9. The van der Waals surface area contributed by atoms with Gasteiger partial charge in [0.05, 0.1) is 16.3 Å². The van der Waals surface area contributed by atoms with Crippen LogP contribution in [-0.4, -0.2) is 24.6 Å². The van der Waals surface area contributed by atoms with Gasteiger partial charge in [-0.3, -0.25) is 0 Å². The molecule has 9 heteroatoms. The third kappa shape index (κ3) is 3.90. The van der Waals surface area contributed by atoms with Crippen molar-refractivity contribution >= 4 is 27.4 Å². The molecule has 0 atom stereocenters. The second-order valence-electron chi connectivity index (χ2n) is 4.70. The van der Waals surface area contributed by atoms with Gasteiger partial charge in [0, 0.05) is 0 Å². The first kappa shape index (κ1) is 16.6. The van der Waals surface area contributed by atoms with Gasteiger partial charge in [0.2, 0.25) is 10.0 Å². The number of sulfonamides is 1. The Kier molecular flexibility index (Phi) is 4.43. The largest absolute Gasteiger partial charge is 0.507 e. The van der Waals surface area contributed by atoms with E-state index in [1.54, 1.807) is 13.0 Å². The van der Waals surface area contributed by atoms with E-state index in [0.29, 0.717) is 5.56 Å². The van der Waals surface area contributed by atoms with E-state index in [4.69, 9.17) is 10.2 Å². The maximum atomic E-state index is 11.4. The lowest BCUT2D eigenvalue weighted by Gasteiger charge is -2.03. The number of carboxylic acid groups (broad SMARTS) is 1. The van der Waals surface area contributed by atoms with Gasteiger partial charge >= 0.3 is 5.97 Å². The number of aryl methyl sites for hydroxylation is 1. The zero-order valence-corrected chi connectivity index (χ0v) is 12.8. The number of aromatic hydroxyl groups is 1. The number of nitrogens with two attached hydrogens (primary N) is 1. The molecule has 0 saturated carbocycles. The van der Waals surface area contributed by atoms with Crippen molar-refractivity contribution in [2.45, 2.75) is 11.8 Å². The molecular weight excluding hydrogens is 322 g/mol. The molecule has 8 nitrogen and oxygen atoms in total. The average Bonchev–Trinajstić information content (AvgIpc) is 2.46. The summed E-state index contributed by atoms with van der Waals surface area (Å²) < 4.78 is 22.9. The molecule has 2 aromatic rings. The van der Waals surface area contributed by atoms with Gasteiger partial charge in [-0.05, 0) is 42.8 Å². The Bertz CT molecular complexity index is 907. The SMILES string of the molecule is Cc1ccc(N=Nc2ccc(O)c(C(=O)O)c2)cc1S(N)(=O)=O. The zero-order valence-electron chi connectivity index (χ0n) is 12.0. The molecule has 120 valence electrons. The van der Waals surface area contributed by atoms with Crippen LogP contribution in [0.15, 0.2) is 51.5 Å². The second-order valence-corrected chi connectivity index (χ2v) is 6.23. The number of primary sulfonamides is 1. The molecule has 0 aliphatic heterocycles. The van der Waals surface area contributed by atoms with Gasteiger partial charge in [0.15, 0.2) is 0 Å². The molecule has 0 aromatic heterocycles. The molecule has 0 aliphatic carbocycles. The van der Waals surface area contributed by atoms with Gasteiger partial charge in [-0.1, -0.05) is 6.07 Å². The highest BCUT2D eigenvalue weighted by Crippen LogP contribution is 2.26. The van der Waals surface area contributed by atoms with E-state index >= 15 is 0 Å². The van der Waals surface area contributed by atoms with Crippen molar-refractivity contribution in [1.82, 2.24) is 0 Å². The molecule has 2 rings (SSSR count). The third-order valence-corrected chi connectivity index (χ3v) is 4.02. The van der Waals surface area contributed by atoms with E-state index in [2.05, 4.69) is 10.2 Å². The van der Waals surface area contributed by atoms with E-state index < -0.39 is 16.0 Å². The molecule has 0 bridgehead atoms. The van der Waals surface area contributed by atoms with Crippen LogP contribution < -0.4 is 5.14 Å². The normalized spacial score (nSPS) is 11.7. The minimum atomic E-state index is -3.87. The second kappa shape index (κ2) is 6.15. The minimum absolute atomic E-state index is 0.0640. The first-order chi connectivity index (χ1) is 10.7. The molecule has 23 heavy (non-hydrogen) atoms. The van der Waals surface area contributed by atoms with Crippen LogP contribution in [0.25, 0.3) is 0 Å². The number of rotatable bonds is 4. The van der Waals surface area contributed by atoms with E-state index in [0.717, 1.165) is 6.07 Å². The number of carbonyl (C=O) groups is 1. The van der Waals surface area contributed by atoms with Crippen molar-refractivity contribution in [3.05, 3.63) is 47.5 Å². The van der Waals surface area contributed by atoms with E-state index in [9.17, 15) is 18.3 Å². The average molecular weight is 335 g/mol. The molecule has 2 aromatic carbocycles. The van der Waals surface area contributed by atoms with E-state index in [1.165, 1.54) is 24.3 Å². The van der Waals surface area contributed by atoms with Crippen LogP contribution in [0.1, 0.15) is 15.9 Å². The number of azo groups is 1. The molecule has 0 fully saturated rings. The highest BCUT2D eigenvalue weighted by Gasteiger charge is 2.12. The van der Waals surface area contributed by atoms with Crippen molar-refractivity contribution in [3.8, 4) is 5.75 Å². The predicted molar refractivity (Wildman–Crippen MR) is 81.8 cm³/mol. The summed E-state index contributed by atoms with van der Waals surface area (Å²) in [5.74, 6) is -1.69. The number of phenols is 1. The topological polar surface area (TPSA) is 142 Å². The summed E-state index contributed by atoms with van der Waals surface area (Å²) in [5.41, 5.74) is 0.599. The monoisotopic (exact) mass is 335 g/mol. The fourth-order valence-electron chi connectivity index (χ4n) is 1.83. The van der Waals surface area contributed by atoms with Crippen LogP contribution in [0.5, 0.6) is 5.75 Å². The smallest absolute Gasteiger partial charge is 0.339 e. The lowest BCUT2D eigenvalue weighted by atomic mass is 10.2. The zero-order chi connectivity index (χ0) is 17.2. The Labute approximate surface area is 132 Å². The van der Waals surface area contributed by atoms with Crippen LogP contribution in [0.2, 0.25) is 0 Å². The van der Waals surface area contributed by atoms with E-state index in [-0.39, 0.29) is 27.6 Å². The summed E-state index contributed by atoms with van der Waals surface area (Å²) in [6.45, 7) is 1.60. The van der Waals surface area contributed by atoms with Crippen LogP contribution in [-0.2, 0) is 10.0 Å². The fourth-order valence-corrected chi connectivity index (χ4v) is 2.63. The predicted octanol–water partition coefficient (Wildman–Crippen LogP) is 2.46. The van der Waals surface area contributed by atoms with Crippen molar-refractivity contribution < 1.29 is 23.4 Å². The van der Waals surface area contributed by atoms with Crippen molar-refractivity contribution in [2.24, 2.45) is 15.4 Å². The first-order valence-electron chi connectivity index (χ1n) is 6.30. The quantitative estimate of drug-likeness (QED) is 0.735. The minimum Gasteiger partial charge on any atom is -0.507 e. The fraction of sp³-hybridized carbons (Fsp3) is 0.0714. The van der Waals surface area contributed by atoms with Crippen LogP contribution in [0.4, 0.5) is 11.4 Å². The van der Waals surface area contributed by atoms with Crippen molar-refractivity contribution in [3.63, 3.8) is 0 Å². The molecule has 0 radical (unpaired) electrons. The molecule has 0 amide bonds. The Morgan fingerprint density at radius 1 is 1.09 bits per heavy atom. The first-order valence-corrected chi connectivity index (χ1v) is 7.84. The Hall–Kier alpha value is -2.78. The Morgan fingerprint density at radius 2 is 1.65 bits per heavy atom. The van der Waals surface area contributed by atoms with Gasteiger partial charge in [0.25, 0.3) is 0 Å². The summed E-state index contributed by atoms with van der Waals surface area (Å²) in [6.07, 6.45) is 0. The maximum Gasteiger partial charge on any atom is 0.339 e. The van der Waals surface area contributed by atoms with Gasteiger partial charge in [-0.25, -0.2) is 18.4 Å². The summed E-state index contributed by atoms with van der Waals surface area (Å²) in [6, 6.07) is 8.06. The van der Waals surface area contributed by atoms with Gasteiger partial charge in [0.1, 0.15) is 11.3 Å². The summed E-state index contributed by atoms with van der Waals surface area (Å²) in [5, 5.41) is 31.1. The molecule has 0 aliphatic rings. The third-order valence-electron chi connectivity index (χ3n) is 2.97. The number of benzene rings is 2. The lowest BCUT2D eigenvalue weighted by Crippen LogP contribution is -2.13. The number of nitrogens with zero attached hydrogens (tertiary/aromatic N) is 2. The molecule has 0 unspecified atom stereocenters. The van der Waals surface area contributed by atoms with Crippen molar-refractivity contribution in [2.75, 3.05) is 0 Å². The van der Waals surface area contributed by atoms with Crippen LogP contribution in [0, 0.1) is 6.92 Å². The van der Waals surface area contributed by atoms with Gasteiger partial charge in [-0.15, -0.1) is 0 Å². The molecule has 0 spiro atoms. The Balaban J connectivity index is 2.38. The molecular formula is C14H13N3O5S.